The highest BCUT2D eigenvalue weighted by Gasteiger charge is 2.17. The van der Waals surface area contributed by atoms with Crippen molar-refractivity contribution in [1.29, 1.82) is 0 Å². The van der Waals surface area contributed by atoms with Crippen LogP contribution in [0.3, 0.4) is 0 Å². The summed E-state index contributed by atoms with van der Waals surface area (Å²) in [5, 5.41) is 2.63. The molecule has 0 saturated heterocycles. The Morgan fingerprint density at radius 2 is 1.48 bits per heavy atom. The predicted octanol–water partition coefficient (Wildman–Crippen LogP) is 3.77. The zero-order valence-corrected chi connectivity index (χ0v) is 16.4. The maximum Gasteiger partial charge on any atom is 0.253 e. The summed E-state index contributed by atoms with van der Waals surface area (Å²) in [4.78, 5) is 23.3. The second kappa shape index (κ2) is 9.06. The van der Waals surface area contributed by atoms with Gasteiger partial charge < -0.3 is 16.8 Å². The molecular weight excluding hydrogens is 362 g/mol. The van der Waals surface area contributed by atoms with Gasteiger partial charge in [0.05, 0.1) is 11.3 Å². The first-order valence-corrected chi connectivity index (χ1v) is 9.59. The van der Waals surface area contributed by atoms with Crippen molar-refractivity contribution in [2.75, 3.05) is 12.8 Å². The molecular formula is C24H25N3O2. The highest BCUT2D eigenvalue weighted by molar-refractivity contribution is 6.03. The normalized spacial score (nSPS) is 10.5. The van der Waals surface area contributed by atoms with Gasteiger partial charge in [-0.3, -0.25) is 9.59 Å². The van der Waals surface area contributed by atoms with Crippen LogP contribution in [-0.2, 0) is 11.2 Å². The molecule has 0 spiro atoms. The van der Waals surface area contributed by atoms with Gasteiger partial charge in [0.25, 0.3) is 5.91 Å². The fourth-order valence-corrected chi connectivity index (χ4v) is 3.46. The van der Waals surface area contributed by atoms with E-state index in [0.717, 1.165) is 27.8 Å². The maximum atomic E-state index is 12.2. The molecule has 0 atom stereocenters. The Balaban J connectivity index is 2.02. The molecule has 0 aliphatic carbocycles. The third-order valence-electron chi connectivity index (χ3n) is 4.95. The molecule has 0 radical (unpaired) electrons. The van der Waals surface area contributed by atoms with Gasteiger partial charge in [0.15, 0.2) is 0 Å². The van der Waals surface area contributed by atoms with Crippen LogP contribution in [0.15, 0.2) is 66.7 Å². The number of carbonyl (C=O) groups is 2. The van der Waals surface area contributed by atoms with E-state index in [1.54, 1.807) is 13.1 Å². The first-order valence-electron chi connectivity index (χ1n) is 9.59. The molecule has 3 aromatic carbocycles. The fraction of sp³-hybridized carbons (Fsp3) is 0.167. The first-order chi connectivity index (χ1) is 14.0. The number of nitrogens with one attached hydrogen (secondary N) is 1. The van der Waals surface area contributed by atoms with Crippen molar-refractivity contribution in [3.05, 3.63) is 77.9 Å². The molecule has 2 amide bonds. The van der Waals surface area contributed by atoms with Gasteiger partial charge in [0.2, 0.25) is 5.91 Å². The summed E-state index contributed by atoms with van der Waals surface area (Å²) < 4.78 is 0. The third kappa shape index (κ3) is 4.63. The van der Waals surface area contributed by atoms with E-state index in [-0.39, 0.29) is 11.8 Å². The van der Waals surface area contributed by atoms with Crippen LogP contribution >= 0.6 is 0 Å². The Bertz CT molecular complexity index is 1010. The number of carbonyl (C=O) groups excluding carboxylic acids is 2. The summed E-state index contributed by atoms with van der Waals surface area (Å²) in [5.74, 6) is -0.554. The van der Waals surface area contributed by atoms with E-state index in [2.05, 4.69) is 17.4 Å². The Morgan fingerprint density at radius 3 is 2.10 bits per heavy atom. The van der Waals surface area contributed by atoms with Crippen LogP contribution in [0.5, 0.6) is 0 Å². The van der Waals surface area contributed by atoms with Gasteiger partial charge in [0, 0.05) is 19.0 Å². The van der Waals surface area contributed by atoms with Gasteiger partial charge in [-0.25, -0.2) is 0 Å². The average Bonchev–Trinajstić information content (AvgIpc) is 2.74. The van der Waals surface area contributed by atoms with Crippen LogP contribution < -0.4 is 16.8 Å². The van der Waals surface area contributed by atoms with E-state index in [0.29, 0.717) is 30.5 Å². The van der Waals surface area contributed by atoms with Crippen LogP contribution in [0.1, 0.15) is 28.8 Å². The Labute approximate surface area is 170 Å². The monoisotopic (exact) mass is 387 g/mol. The molecule has 0 unspecified atom stereocenters. The maximum absolute atomic E-state index is 12.2. The SMILES string of the molecule is CNC(=O)c1ccc(CCCC(N)=O)c(-c2ccc(-c3ccccc3)cc2)c1N. The number of nitrogen functional groups attached to an aromatic ring is 1. The minimum atomic E-state index is -0.325. The molecule has 0 fully saturated rings. The molecule has 0 aliphatic rings. The number of hydrogen-bond donors (Lipinski definition) is 3. The molecule has 3 aromatic rings. The van der Waals surface area contributed by atoms with Crippen molar-refractivity contribution < 1.29 is 9.59 Å². The lowest BCUT2D eigenvalue weighted by Gasteiger charge is -2.16. The van der Waals surface area contributed by atoms with Crippen LogP contribution in [0.4, 0.5) is 5.69 Å². The van der Waals surface area contributed by atoms with E-state index < -0.39 is 0 Å². The highest BCUT2D eigenvalue weighted by Crippen LogP contribution is 2.34. The molecule has 5 nitrogen and oxygen atoms in total. The topological polar surface area (TPSA) is 98.2 Å². The van der Waals surface area contributed by atoms with Gasteiger partial charge >= 0.3 is 0 Å². The van der Waals surface area contributed by atoms with E-state index in [1.807, 2.05) is 48.5 Å². The van der Waals surface area contributed by atoms with Crippen LogP contribution in [0.2, 0.25) is 0 Å². The Kier molecular flexibility index (Phi) is 6.29. The summed E-state index contributed by atoms with van der Waals surface area (Å²) in [6.07, 6.45) is 1.59. The molecule has 0 aromatic heterocycles. The highest BCUT2D eigenvalue weighted by atomic mass is 16.1. The number of aryl methyl sites for hydroxylation is 1. The zero-order chi connectivity index (χ0) is 20.8. The number of amides is 2. The van der Waals surface area contributed by atoms with Crippen molar-refractivity contribution in [2.24, 2.45) is 5.73 Å². The molecule has 0 aliphatic heterocycles. The molecule has 0 saturated carbocycles. The average molecular weight is 387 g/mol. The summed E-state index contributed by atoms with van der Waals surface area (Å²) in [6.45, 7) is 0. The van der Waals surface area contributed by atoms with E-state index >= 15 is 0 Å². The molecule has 3 rings (SSSR count). The molecule has 5 heteroatoms. The van der Waals surface area contributed by atoms with E-state index in [4.69, 9.17) is 11.5 Å². The van der Waals surface area contributed by atoms with E-state index in [9.17, 15) is 9.59 Å². The number of nitrogens with two attached hydrogens (primary N) is 2. The van der Waals surface area contributed by atoms with Gasteiger partial charge in [-0.15, -0.1) is 0 Å². The third-order valence-corrected chi connectivity index (χ3v) is 4.95. The van der Waals surface area contributed by atoms with E-state index in [1.165, 1.54) is 0 Å². The Hall–Kier alpha value is -3.60. The largest absolute Gasteiger partial charge is 0.398 e. The smallest absolute Gasteiger partial charge is 0.253 e. The summed E-state index contributed by atoms with van der Waals surface area (Å²) in [6, 6.07) is 21.9. The van der Waals surface area contributed by atoms with Crippen LogP contribution in [-0.4, -0.2) is 18.9 Å². The minimum Gasteiger partial charge on any atom is -0.398 e. The lowest BCUT2D eigenvalue weighted by Crippen LogP contribution is -2.20. The number of anilines is 1. The quantitative estimate of drug-likeness (QED) is 0.538. The Morgan fingerprint density at radius 1 is 0.862 bits per heavy atom. The number of rotatable bonds is 7. The van der Waals surface area contributed by atoms with Crippen molar-refractivity contribution in [3.63, 3.8) is 0 Å². The molecule has 0 bridgehead atoms. The molecule has 0 heterocycles. The van der Waals surface area contributed by atoms with Gasteiger partial charge in [0.1, 0.15) is 0 Å². The molecule has 29 heavy (non-hydrogen) atoms. The first kappa shape index (κ1) is 20.1. The summed E-state index contributed by atoms with van der Waals surface area (Å²) in [5.41, 5.74) is 17.6. The molecule has 148 valence electrons. The van der Waals surface area contributed by atoms with Gasteiger partial charge in [-0.05, 0) is 41.2 Å². The van der Waals surface area contributed by atoms with Gasteiger partial charge in [-0.2, -0.15) is 0 Å². The van der Waals surface area contributed by atoms with Crippen molar-refractivity contribution in [3.8, 4) is 22.3 Å². The van der Waals surface area contributed by atoms with Crippen LogP contribution in [0.25, 0.3) is 22.3 Å². The second-order valence-electron chi connectivity index (χ2n) is 6.90. The van der Waals surface area contributed by atoms with Gasteiger partial charge in [-0.1, -0.05) is 60.7 Å². The van der Waals surface area contributed by atoms with Crippen molar-refractivity contribution in [1.82, 2.24) is 5.32 Å². The van der Waals surface area contributed by atoms with Crippen LogP contribution in [0, 0.1) is 0 Å². The lowest BCUT2D eigenvalue weighted by atomic mass is 9.91. The predicted molar refractivity (Wildman–Crippen MR) is 117 cm³/mol. The van der Waals surface area contributed by atoms with Crippen molar-refractivity contribution >= 4 is 17.5 Å². The minimum absolute atomic E-state index is 0.228. The summed E-state index contributed by atoms with van der Waals surface area (Å²) >= 11 is 0. The zero-order valence-electron chi connectivity index (χ0n) is 16.4. The summed E-state index contributed by atoms with van der Waals surface area (Å²) in [7, 11) is 1.58. The molecule has 5 N–H and O–H groups in total. The second-order valence-corrected chi connectivity index (χ2v) is 6.90. The standard InChI is InChI=1S/C24H25N3O2/c1-27-24(29)20-15-14-18(8-5-9-21(25)28)22(23(20)26)19-12-10-17(11-13-19)16-6-3-2-4-7-16/h2-4,6-7,10-15H,5,8-9,26H2,1H3,(H2,25,28)(H,27,29). The fourth-order valence-electron chi connectivity index (χ4n) is 3.46. The number of hydrogen-bond acceptors (Lipinski definition) is 3. The van der Waals surface area contributed by atoms with Crippen molar-refractivity contribution in [2.45, 2.75) is 19.3 Å². The number of primary amides is 1. The lowest BCUT2D eigenvalue weighted by molar-refractivity contribution is -0.118. The number of benzene rings is 3.